The number of anilines is 2. The molecule has 9 nitrogen and oxygen atoms in total. The van der Waals surface area contributed by atoms with E-state index in [0.717, 1.165) is 38.5 Å². The van der Waals surface area contributed by atoms with E-state index in [1.807, 2.05) is 12.1 Å². The number of hydrogen-bond donors (Lipinski definition) is 1. The first kappa shape index (κ1) is 20.0. The highest BCUT2D eigenvalue weighted by Crippen LogP contribution is 2.33. The molecular weight excluding hydrogens is 388 g/mol. The smallest absolute Gasteiger partial charge is 0.273 e. The minimum Gasteiger partial charge on any atom is -0.497 e. The van der Waals surface area contributed by atoms with Crippen molar-refractivity contribution >= 4 is 23.0 Å². The molecule has 1 N–H and O–H groups in total. The van der Waals surface area contributed by atoms with Crippen LogP contribution in [0.4, 0.5) is 17.1 Å². The lowest BCUT2D eigenvalue weighted by atomic mass is 10.1. The van der Waals surface area contributed by atoms with Gasteiger partial charge in [-0.25, -0.2) is 0 Å². The second-order valence-corrected chi connectivity index (χ2v) is 7.35. The molecule has 0 saturated carbocycles. The second-order valence-electron chi connectivity index (χ2n) is 7.35. The molecule has 1 amide bonds. The topological polar surface area (TPSA) is 97.2 Å². The fourth-order valence-corrected chi connectivity index (χ4v) is 3.76. The lowest BCUT2D eigenvalue weighted by Gasteiger charge is -2.36. The first-order valence-electron chi connectivity index (χ1n) is 9.91. The largest absolute Gasteiger partial charge is 0.497 e. The third-order valence-electron chi connectivity index (χ3n) is 5.51. The normalized spacial score (nSPS) is 18.9. The molecule has 0 aromatic heterocycles. The quantitative estimate of drug-likeness (QED) is 0.575. The fourth-order valence-electron chi connectivity index (χ4n) is 3.76. The van der Waals surface area contributed by atoms with Crippen LogP contribution in [0.2, 0.25) is 0 Å². The molecule has 30 heavy (non-hydrogen) atoms. The van der Waals surface area contributed by atoms with Gasteiger partial charge in [-0.05, 0) is 30.3 Å². The van der Waals surface area contributed by atoms with E-state index in [2.05, 4.69) is 27.2 Å². The maximum atomic E-state index is 12.3. The lowest BCUT2D eigenvalue weighted by Crippen LogP contribution is -2.48. The van der Waals surface area contributed by atoms with E-state index in [4.69, 9.17) is 9.47 Å². The van der Waals surface area contributed by atoms with Crippen LogP contribution >= 0.6 is 0 Å². The number of non-ortho nitro benzene ring substituents is 1. The molecule has 2 heterocycles. The van der Waals surface area contributed by atoms with Crippen molar-refractivity contribution in [3.05, 3.63) is 52.6 Å². The van der Waals surface area contributed by atoms with Crippen LogP contribution in [-0.4, -0.2) is 61.7 Å². The zero-order chi connectivity index (χ0) is 21.1. The molecule has 2 aromatic rings. The number of nitrogens with one attached hydrogen (secondary N) is 1. The van der Waals surface area contributed by atoms with Crippen molar-refractivity contribution in [2.24, 2.45) is 0 Å². The third-order valence-corrected chi connectivity index (χ3v) is 5.51. The van der Waals surface area contributed by atoms with Gasteiger partial charge in [0.2, 0.25) is 0 Å². The van der Waals surface area contributed by atoms with Gasteiger partial charge in [-0.3, -0.25) is 19.8 Å². The van der Waals surface area contributed by atoms with Crippen LogP contribution in [0.3, 0.4) is 0 Å². The average molecular weight is 412 g/mol. The van der Waals surface area contributed by atoms with E-state index in [9.17, 15) is 14.9 Å². The number of nitro benzene ring substituents is 1. The SMILES string of the molecule is COc1ccc(N2CCN(CC[C@H]3Oc4cc([N+](=O)[O-])ccc4NC3=O)CC2)cc1. The number of hydrogen-bond acceptors (Lipinski definition) is 7. The van der Waals surface area contributed by atoms with E-state index in [1.54, 1.807) is 7.11 Å². The number of nitro groups is 1. The Hall–Kier alpha value is -3.33. The van der Waals surface area contributed by atoms with E-state index >= 15 is 0 Å². The Balaban J connectivity index is 1.29. The van der Waals surface area contributed by atoms with Crippen molar-refractivity contribution in [3.8, 4) is 11.5 Å². The van der Waals surface area contributed by atoms with Crippen LogP contribution in [0.25, 0.3) is 0 Å². The first-order chi connectivity index (χ1) is 14.5. The number of methoxy groups -OCH3 is 1. The summed E-state index contributed by atoms with van der Waals surface area (Å²) in [7, 11) is 1.66. The minimum atomic E-state index is -0.654. The summed E-state index contributed by atoms with van der Waals surface area (Å²) in [5.41, 5.74) is 1.58. The molecule has 4 rings (SSSR count). The predicted octanol–water partition coefficient (Wildman–Crippen LogP) is 2.52. The Bertz CT molecular complexity index is 925. The van der Waals surface area contributed by atoms with Gasteiger partial charge in [0.15, 0.2) is 11.9 Å². The van der Waals surface area contributed by atoms with E-state index < -0.39 is 11.0 Å². The van der Waals surface area contributed by atoms with Crippen molar-refractivity contribution in [1.82, 2.24) is 4.90 Å². The summed E-state index contributed by atoms with van der Waals surface area (Å²) >= 11 is 0. The van der Waals surface area contributed by atoms with Crippen LogP contribution in [0.5, 0.6) is 11.5 Å². The van der Waals surface area contributed by atoms with Crippen LogP contribution < -0.4 is 19.7 Å². The zero-order valence-electron chi connectivity index (χ0n) is 16.7. The van der Waals surface area contributed by atoms with Gasteiger partial charge in [0, 0.05) is 50.9 Å². The Labute approximate surface area is 174 Å². The molecular formula is C21H24N4O5. The third kappa shape index (κ3) is 4.30. The van der Waals surface area contributed by atoms with Crippen LogP contribution in [0, 0.1) is 10.1 Å². The number of rotatable bonds is 6. The Morgan fingerprint density at radius 1 is 1.17 bits per heavy atom. The number of carbonyl (C=O) groups is 1. The monoisotopic (exact) mass is 412 g/mol. The summed E-state index contributed by atoms with van der Waals surface area (Å²) in [6.45, 7) is 4.31. The standard InChI is InChI=1S/C21H24N4O5/c1-29-17-5-2-15(3-6-17)24-12-10-23(11-13-24)9-8-19-21(26)22-18-7-4-16(25(27)28)14-20(18)30-19/h2-7,14,19H,8-13H2,1H3,(H,22,26)/t19-/m1/s1. The molecule has 2 aliphatic heterocycles. The summed E-state index contributed by atoms with van der Waals surface area (Å²) in [5.74, 6) is 0.974. The second kappa shape index (κ2) is 8.58. The number of amides is 1. The summed E-state index contributed by atoms with van der Waals surface area (Å²) in [5, 5.41) is 13.7. The van der Waals surface area contributed by atoms with Gasteiger partial charge < -0.3 is 19.7 Å². The van der Waals surface area contributed by atoms with Crippen LogP contribution in [0.1, 0.15) is 6.42 Å². The molecule has 0 radical (unpaired) electrons. The summed E-state index contributed by atoms with van der Waals surface area (Å²) in [4.78, 5) is 27.5. The first-order valence-corrected chi connectivity index (χ1v) is 9.91. The molecule has 9 heteroatoms. The molecule has 0 spiro atoms. The van der Waals surface area contributed by atoms with Crippen LogP contribution in [0.15, 0.2) is 42.5 Å². The minimum absolute atomic E-state index is 0.0571. The molecule has 0 unspecified atom stereocenters. The van der Waals surface area contributed by atoms with E-state index in [0.29, 0.717) is 17.9 Å². The van der Waals surface area contributed by atoms with E-state index in [-0.39, 0.29) is 11.6 Å². The summed E-state index contributed by atoms with van der Waals surface area (Å²) < 4.78 is 11.0. The number of nitrogens with zero attached hydrogens (tertiary/aromatic N) is 3. The molecule has 1 fully saturated rings. The molecule has 0 aliphatic carbocycles. The number of piperazine rings is 1. The molecule has 2 aromatic carbocycles. The van der Waals surface area contributed by atoms with Gasteiger partial charge in [-0.2, -0.15) is 0 Å². The van der Waals surface area contributed by atoms with Gasteiger partial charge in [0.25, 0.3) is 11.6 Å². The van der Waals surface area contributed by atoms with Crippen molar-refractivity contribution in [2.75, 3.05) is 50.1 Å². The Kier molecular flexibility index (Phi) is 5.71. The highest BCUT2D eigenvalue weighted by atomic mass is 16.6. The van der Waals surface area contributed by atoms with Gasteiger partial charge >= 0.3 is 0 Å². The van der Waals surface area contributed by atoms with Crippen LogP contribution in [-0.2, 0) is 4.79 Å². The molecule has 0 bridgehead atoms. The molecule has 2 aliphatic rings. The Morgan fingerprint density at radius 3 is 2.57 bits per heavy atom. The average Bonchev–Trinajstić information content (AvgIpc) is 2.77. The highest BCUT2D eigenvalue weighted by Gasteiger charge is 2.29. The zero-order valence-corrected chi connectivity index (χ0v) is 16.7. The van der Waals surface area contributed by atoms with Gasteiger partial charge in [-0.1, -0.05) is 0 Å². The van der Waals surface area contributed by atoms with Gasteiger partial charge in [-0.15, -0.1) is 0 Å². The number of carbonyl (C=O) groups excluding carboxylic acids is 1. The fraction of sp³-hybridized carbons (Fsp3) is 0.381. The van der Waals surface area contributed by atoms with Crippen molar-refractivity contribution < 1.29 is 19.2 Å². The van der Waals surface area contributed by atoms with Crippen molar-refractivity contribution in [3.63, 3.8) is 0 Å². The highest BCUT2D eigenvalue weighted by molar-refractivity contribution is 5.97. The predicted molar refractivity (Wildman–Crippen MR) is 112 cm³/mol. The summed E-state index contributed by atoms with van der Waals surface area (Å²) in [6, 6.07) is 12.3. The maximum Gasteiger partial charge on any atom is 0.273 e. The van der Waals surface area contributed by atoms with E-state index in [1.165, 1.54) is 23.9 Å². The Morgan fingerprint density at radius 2 is 1.90 bits per heavy atom. The lowest BCUT2D eigenvalue weighted by molar-refractivity contribution is -0.384. The maximum absolute atomic E-state index is 12.3. The molecule has 1 saturated heterocycles. The van der Waals surface area contributed by atoms with Gasteiger partial charge in [0.1, 0.15) is 5.75 Å². The van der Waals surface area contributed by atoms with Gasteiger partial charge in [0.05, 0.1) is 23.8 Å². The number of fused-ring (bicyclic) bond motifs is 1. The number of benzene rings is 2. The van der Waals surface area contributed by atoms with Crippen molar-refractivity contribution in [2.45, 2.75) is 12.5 Å². The van der Waals surface area contributed by atoms with Crippen molar-refractivity contribution in [1.29, 1.82) is 0 Å². The molecule has 1 atom stereocenters. The summed E-state index contributed by atoms with van der Waals surface area (Å²) in [6.07, 6.45) is -0.129. The number of ether oxygens (including phenoxy) is 2. The molecule has 158 valence electrons.